The molecule has 0 aliphatic heterocycles. The molecule has 0 saturated heterocycles. The Balaban J connectivity index is 1.51. The van der Waals surface area contributed by atoms with Gasteiger partial charge in [0.05, 0.1) is 18.7 Å². The van der Waals surface area contributed by atoms with Gasteiger partial charge in [0, 0.05) is 16.6 Å². The maximum atomic E-state index is 12.0. The summed E-state index contributed by atoms with van der Waals surface area (Å²) in [6.07, 6.45) is 0.336. The number of aromatic nitrogens is 2. The molecule has 1 heterocycles. The van der Waals surface area contributed by atoms with Crippen molar-refractivity contribution in [1.82, 2.24) is 15.5 Å². The molecular weight excluding hydrogens is 302 g/mol. The Morgan fingerprint density at radius 2 is 1.96 bits per heavy atom. The highest BCUT2D eigenvalue weighted by Crippen LogP contribution is 2.24. The summed E-state index contributed by atoms with van der Waals surface area (Å²) in [4.78, 5) is 12.0. The number of H-pyrrole nitrogens is 1. The minimum Gasteiger partial charge on any atom is -0.491 e. The van der Waals surface area contributed by atoms with Gasteiger partial charge in [0.2, 0.25) is 5.91 Å². The molecule has 1 aromatic heterocycles. The van der Waals surface area contributed by atoms with Crippen molar-refractivity contribution < 1.29 is 9.53 Å². The van der Waals surface area contributed by atoms with E-state index in [-0.39, 0.29) is 5.91 Å². The molecule has 0 atom stereocenters. The highest BCUT2D eigenvalue weighted by molar-refractivity contribution is 5.88. The largest absolute Gasteiger partial charge is 0.491 e. The Morgan fingerprint density at radius 1 is 1.17 bits per heavy atom. The number of hydrogen-bond donors (Lipinski definition) is 2. The molecule has 2 N–H and O–H groups in total. The molecule has 24 heavy (non-hydrogen) atoms. The van der Waals surface area contributed by atoms with Crippen molar-refractivity contribution in [3.05, 3.63) is 59.4 Å². The van der Waals surface area contributed by atoms with E-state index in [1.807, 2.05) is 44.2 Å². The summed E-state index contributed by atoms with van der Waals surface area (Å²) in [5.41, 5.74) is 2.77. The maximum absolute atomic E-state index is 12.0. The molecule has 0 bridgehead atoms. The molecule has 124 valence electrons. The first kappa shape index (κ1) is 16.1. The van der Waals surface area contributed by atoms with E-state index in [1.54, 1.807) is 0 Å². The molecule has 0 aliphatic rings. The Labute approximate surface area is 141 Å². The molecular formula is C19H21N3O2. The molecule has 0 saturated carbocycles. The third-order valence-electron chi connectivity index (χ3n) is 4.05. The van der Waals surface area contributed by atoms with Crippen molar-refractivity contribution in [3.8, 4) is 5.75 Å². The number of carbonyl (C=O) groups is 1. The zero-order chi connectivity index (χ0) is 16.9. The van der Waals surface area contributed by atoms with E-state index in [4.69, 9.17) is 4.74 Å². The van der Waals surface area contributed by atoms with Gasteiger partial charge in [-0.15, -0.1) is 0 Å². The first-order chi connectivity index (χ1) is 11.6. The number of amides is 1. The standard InChI is InChI=1S/C19H21N3O2/c1-13-17(14(2)22-21-13)12-19(23)20-10-11-24-18-9-5-7-15-6-3-4-8-16(15)18/h3-9H,10-12H2,1-2H3,(H,20,23)(H,21,22). The maximum Gasteiger partial charge on any atom is 0.224 e. The van der Waals surface area contributed by atoms with Crippen molar-refractivity contribution in [1.29, 1.82) is 0 Å². The van der Waals surface area contributed by atoms with Crippen LogP contribution in [0.25, 0.3) is 10.8 Å². The van der Waals surface area contributed by atoms with Crippen LogP contribution in [-0.2, 0) is 11.2 Å². The highest BCUT2D eigenvalue weighted by Gasteiger charge is 2.11. The average molecular weight is 323 g/mol. The average Bonchev–Trinajstić information content (AvgIpc) is 2.91. The number of aryl methyl sites for hydroxylation is 2. The number of carbonyl (C=O) groups excluding carboxylic acids is 1. The van der Waals surface area contributed by atoms with Crippen LogP contribution in [0.15, 0.2) is 42.5 Å². The van der Waals surface area contributed by atoms with Crippen molar-refractivity contribution >= 4 is 16.7 Å². The van der Waals surface area contributed by atoms with Gasteiger partial charge >= 0.3 is 0 Å². The summed E-state index contributed by atoms with van der Waals surface area (Å²) < 4.78 is 5.82. The van der Waals surface area contributed by atoms with Crippen LogP contribution in [0.2, 0.25) is 0 Å². The lowest BCUT2D eigenvalue weighted by Crippen LogP contribution is -2.29. The van der Waals surface area contributed by atoms with Crippen LogP contribution in [0.3, 0.4) is 0 Å². The van der Waals surface area contributed by atoms with Crippen LogP contribution in [0.4, 0.5) is 0 Å². The van der Waals surface area contributed by atoms with E-state index in [1.165, 1.54) is 0 Å². The molecule has 0 aliphatic carbocycles. The first-order valence-electron chi connectivity index (χ1n) is 8.03. The predicted octanol–water partition coefficient (Wildman–Crippen LogP) is 2.92. The Bertz CT molecular complexity index is 830. The lowest BCUT2D eigenvalue weighted by Gasteiger charge is -2.10. The van der Waals surface area contributed by atoms with Gasteiger partial charge in [-0.3, -0.25) is 9.89 Å². The Hall–Kier alpha value is -2.82. The summed E-state index contributed by atoms with van der Waals surface area (Å²) >= 11 is 0. The minimum absolute atomic E-state index is 0.0240. The second-order valence-electron chi connectivity index (χ2n) is 5.77. The first-order valence-corrected chi connectivity index (χ1v) is 8.03. The van der Waals surface area contributed by atoms with Crippen LogP contribution in [0.1, 0.15) is 17.0 Å². The summed E-state index contributed by atoms with van der Waals surface area (Å²) in [6, 6.07) is 14.1. The third-order valence-corrected chi connectivity index (χ3v) is 4.05. The van der Waals surface area contributed by atoms with Crippen LogP contribution in [0, 0.1) is 13.8 Å². The van der Waals surface area contributed by atoms with Gasteiger partial charge in [-0.25, -0.2) is 0 Å². The Morgan fingerprint density at radius 3 is 2.75 bits per heavy atom. The van der Waals surface area contributed by atoms with E-state index >= 15 is 0 Å². The molecule has 1 amide bonds. The topological polar surface area (TPSA) is 67.0 Å². The molecule has 3 aromatic rings. The summed E-state index contributed by atoms with van der Waals surface area (Å²) in [5, 5.41) is 12.1. The minimum atomic E-state index is -0.0240. The SMILES string of the molecule is Cc1n[nH]c(C)c1CC(=O)NCCOc1cccc2ccccc12. The number of aromatic amines is 1. The molecule has 5 heteroatoms. The Kier molecular flexibility index (Phi) is 4.79. The van der Waals surface area contributed by atoms with Crippen LogP contribution in [-0.4, -0.2) is 29.3 Å². The van der Waals surface area contributed by atoms with Crippen molar-refractivity contribution in [2.45, 2.75) is 20.3 Å². The van der Waals surface area contributed by atoms with Gasteiger partial charge in [0.1, 0.15) is 12.4 Å². The zero-order valence-electron chi connectivity index (χ0n) is 13.9. The van der Waals surface area contributed by atoms with E-state index in [9.17, 15) is 4.79 Å². The third kappa shape index (κ3) is 3.56. The lowest BCUT2D eigenvalue weighted by molar-refractivity contribution is -0.120. The van der Waals surface area contributed by atoms with Gasteiger partial charge in [0.15, 0.2) is 0 Å². The monoisotopic (exact) mass is 323 g/mol. The number of ether oxygens (including phenoxy) is 1. The number of hydrogen-bond acceptors (Lipinski definition) is 3. The van der Waals surface area contributed by atoms with Gasteiger partial charge in [0.25, 0.3) is 0 Å². The van der Waals surface area contributed by atoms with Crippen molar-refractivity contribution in [2.75, 3.05) is 13.2 Å². The van der Waals surface area contributed by atoms with Crippen LogP contribution in [0.5, 0.6) is 5.75 Å². The molecule has 0 fully saturated rings. The van der Waals surface area contributed by atoms with Crippen molar-refractivity contribution in [3.63, 3.8) is 0 Å². The molecule has 0 spiro atoms. The number of rotatable bonds is 6. The lowest BCUT2D eigenvalue weighted by atomic mass is 10.1. The summed E-state index contributed by atoms with van der Waals surface area (Å²) in [7, 11) is 0. The van der Waals surface area contributed by atoms with Gasteiger partial charge in [-0.05, 0) is 25.3 Å². The van der Waals surface area contributed by atoms with Crippen LogP contribution < -0.4 is 10.1 Å². The number of nitrogens with one attached hydrogen (secondary N) is 2. The number of benzene rings is 2. The fraction of sp³-hybridized carbons (Fsp3) is 0.263. The quantitative estimate of drug-likeness (QED) is 0.685. The highest BCUT2D eigenvalue weighted by atomic mass is 16.5. The zero-order valence-corrected chi connectivity index (χ0v) is 13.9. The van der Waals surface area contributed by atoms with E-state index in [0.29, 0.717) is 19.6 Å². The summed E-state index contributed by atoms with van der Waals surface area (Å²) in [6.45, 7) is 4.73. The van der Waals surface area contributed by atoms with Gasteiger partial charge < -0.3 is 10.1 Å². The molecule has 0 unspecified atom stereocenters. The molecule has 2 aromatic carbocycles. The van der Waals surface area contributed by atoms with Gasteiger partial charge in [-0.2, -0.15) is 5.10 Å². The van der Waals surface area contributed by atoms with Crippen molar-refractivity contribution in [2.24, 2.45) is 0 Å². The molecule has 5 nitrogen and oxygen atoms in total. The van der Waals surface area contributed by atoms with E-state index in [2.05, 4.69) is 27.6 Å². The number of nitrogens with zero attached hydrogens (tertiary/aromatic N) is 1. The summed E-state index contributed by atoms with van der Waals surface area (Å²) in [5.74, 6) is 0.813. The smallest absolute Gasteiger partial charge is 0.224 e. The van der Waals surface area contributed by atoms with E-state index in [0.717, 1.165) is 33.5 Å². The molecule has 3 rings (SSSR count). The number of fused-ring (bicyclic) bond motifs is 1. The second-order valence-corrected chi connectivity index (χ2v) is 5.77. The normalized spacial score (nSPS) is 10.8. The second kappa shape index (κ2) is 7.17. The fourth-order valence-corrected chi connectivity index (χ4v) is 2.73. The molecule has 0 radical (unpaired) electrons. The van der Waals surface area contributed by atoms with Crippen LogP contribution >= 0.6 is 0 Å². The van der Waals surface area contributed by atoms with E-state index < -0.39 is 0 Å². The predicted molar refractivity (Wildman–Crippen MR) is 94.2 cm³/mol. The van der Waals surface area contributed by atoms with Gasteiger partial charge in [-0.1, -0.05) is 36.4 Å². The fourth-order valence-electron chi connectivity index (χ4n) is 2.73.